The first-order chi connectivity index (χ1) is 13.3. The second-order valence-corrected chi connectivity index (χ2v) is 7.15. The average molecular weight is 352 g/mol. The molecule has 0 saturated heterocycles. The Morgan fingerprint density at radius 2 is 1.63 bits per heavy atom. The maximum Gasteiger partial charge on any atom is 0.256 e. The smallest absolute Gasteiger partial charge is 0.256 e. The highest BCUT2D eigenvalue weighted by Gasteiger charge is 2.22. The minimum Gasteiger partial charge on any atom is -0.322 e. The third-order valence-corrected chi connectivity index (χ3v) is 5.40. The minimum atomic E-state index is -0.0398. The summed E-state index contributed by atoms with van der Waals surface area (Å²) in [6.07, 6.45) is 4.14. The van der Waals surface area contributed by atoms with Gasteiger partial charge in [0.05, 0.1) is 11.1 Å². The molecule has 3 aromatic carbocycles. The van der Waals surface area contributed by atoms with Crippen LogP contribution in [0, 0.1) is 0 Å². The molecule has 4 aromatic rings. The number of nitrogens with zero attached hydrogens (tertiary/aromatic N) is 1. The van der Waals surface area contributed by atoms with E-state index in [0.717, 1.165) is 64.5 Å². The van der Waals surface area contributed by atoms with Crippen LogP contribution in [0.3, 0.4) is 0 Å². The number of para-hydroxylation sites is 1. The van der Waals surface area contributed by atoms with Gasteiger partial charge in [0.2, 0.25) is 0 Å². The third kappa shape index (κ3) is 2.85. The Morgan fingerprint density at radius 3 is 2.56 bits per heavy atom. The molecule has 1 aliphatic carbocycles. The number of benzene rings is 3. The summed E-state index contributed by atoms with van der Waals surface area (Å²) in [6, 6.07) is 22.2. The number of nitrogens with one attached hydrogen (secondary N) is 1. The van der Waals surface area contributed by atoms with E-state index >= 15 is 0 Å². The summed E-state index contributed by atoms with van der Waals surface area (Å²) < 4.78 is 0. The van der Waals surface area contributed by atoms with Crippen molar-refractivity contribution < 1.29 is 4.79 Å². The largest absolute Gasteiger partial charge is 0.322 e. The average Bonchev–Trinajstić information content (AvgIpc) is 2.71. The number of anilines is 1. The Balaban J connectivity index is 1.60. The van der Waals surface area contributed by atoms with Crippen molar-refractivity contribution in [2.45, 2.75) is 25.7 Å². The maximum atomic E-state index is 13.3. The molecule has 3 heteroatoms. The third-order valence-electron chi connectivity index (χ3n) is 5.40. The van der Waals surface area contributed by atoms with Gasteiger partial charge in [-0.05, 0) is 60.2 Å². The van der Waals surface area contributed by atoms with E-state index < -0.39 is 0 Å². The molecule has 0 spiro atoms. The van der Waals surface area contributed by atoms with Crippen LogP contribution < -0.4 is 5.32 Å². The van der Waals surface area contributed by atoms with Gasteiger partial charge in [0.15, 0.2) is 0 Å². The molecule has 1 aromatic heterocycles. The SMILES string of the molecule is O=C(Nc1ccc2ccccc2c1)c1c2c(nc3ccccc13)CCCC2. The van der Waals surface area contributed by atoms with Gasteiger partial charge in [0.1, 0.15) is 0 Å². The Morgan fingerprint density at radius 1 is 0.852 bits per heavy atom. The zero-order chi connectivity index (χ0) is 18.2. The minimum absolute atomic E-state index is 0.0398. The van der Waals surface area contributed by atoms with Crippen LogP contribution >= 0.6 is 0 Å². The van der Waals surface area contributed by atoms with Crippen molar-refractivity contribution in [2.24, 2.45) is 0 Å². The number of aromatic nitrogens is 1. The van der Waals surface area contributed by atoms with Crippen molar-refractivity contribution in [3.8, 4) is 0 Å². The summed E-state index contributed by atoms with van der Waals surface area (Å²) >= 11 is 0. The van der Waals surface area contributed by atoms with Crippen molar-refractivity contribution in [3.63, 3.8) is 0 Å². The van der Waals surface area contributed by atoms with E-state index in [1.54, 1.807) is 0 Å². The molecule has 1 amide bonds. The van der Waals surface area contributed by atoms with Crippen LogP contribution in [0.5, 0.6) is 0 Å². The van der Waals surface area contributed by atoms with E-state index in [4.69, 9.17) is 4.98 Å². The normalized spacial score (nSPS) is 13.5. The van der Waals surface area contributed by atoms with Crippen LogP contribution in [0.2, 0.25) is 0 Å². The number of carbonyl (C=O) groups excluding carboxylic acids is 1. The number of hydrogen-bond donors (Lipinski definition) is 1. The van der Waals surface area contributed by atoms with Gasteiger partial charge >= 0.3 is 0 Å². The highest BCUT2D eigenvalue weighted by molar-refractivity contribution is 6.14. The number of aryl methyl sites for hydroxylation is 1. The van der Waals surface area contributed by atoms with Gasteiger partial charge in [-0.15, -0.1) is 0 Å². The molecule has 5 rings (SSSR count). The van der Waals surface area contributed by atoms with Crippen molar-refractivity contribution >= 4 is 33.3 Å². The highest BCUT2D eigenvalue weighted by atomic mass is 16.1. The number of amides is 1. The Hall–Kier alpha value is -3.20. The second-order valence-electron chi connectivity index (χ2n) is 7.15. The molecular weight excluding hydrogens is 332 g/mol. The van der Waals surface area contributed by atoms with Crippen LogP contribution in [0.4, 0.5) is 5.69 Å². The Bertz CT molecular complexity index is 1180. The van der Waals surface area contributed by atoms with Crippen molar-refractivity contribution in [1.29, 1.82) is 0 Å². The molecule has 0 unspecified atom stereocenters. The molecule has 3 nitrogen and oxygen atoms in total. The highest BCUT2D eigenvalue weighted by Crippen LogP contribution is 2.30. The predicted octanol–water partition coefficient (Wildman–Crippen LogP) is 5.52. The fourth-order valence-electron chi connectivity index (χ4n) is 4.09. The summed E-state index contributed by atoms with van der Waals surface area (Å²) in [4.78, 5) is 18.1. The molecule has 0 aliphatic heterocycles. The van der Waals surface area contributed by atoms with E-state index in [-0.39, 0.29) is 5.91 Å². The Labute approximate surface area is 158 Å². The number of fused-ring (bicyclic) bond motifs is 3. The van der Waals surface area contributed by atoms with Gasteiger partial charge in [-0.25, -0.2) is 0 Å². The fraction of sp³-hybridized carbons (Fsp3) is 0.167. The quantitative estimate of drug-likeness (QED) is 0.516. The van der Waals surface area contributed by atoms with Gasteiger partial charge in [-0.1, -0.05) is 48.5 Å². The van der Waals surface area contributed by atoms with Gasteiger partial charge in [-0.3, -0.25) is 9.78 Å². The van der Waals surface area contributed by atoms with Gasteiger partial charge in [-0.2, -0.15) is 0 Å². The van der Waals surface area contributed by atoms with Crippen molar-refractivity contribution in [3.05, 3.63) is 83.6 Å². The first kappa shape index (κ1) is 16.0. The molecule has 132 valence electrons. The lowest BCUT2D eigenvalue weighted by Crippen LogP contribution is -2.19. The molecule has 0 radical (unpaired) electrons. The monoisotopic (exact) mass is 352 g/mol. The van der Waals surface area contributed by atoms with E-state index in [9.17, 15) is 4.79 Å². The second kappa shape index (κ2) is 6.51. The van der Waals surface area contributed by atoms with Crippen LogP contribution in [0.25, 0.3) is 21.7 Å². The summed E-state index contributed by atoms with van der Waals surface area (Å²) in [6.45, 7) is 0. The van der Waals surface area contributed by atoms with Crippen LogP contribution in [0.15, 0.2) is 66.7 Å². The molecule has 27 heavy (non-hydrogen) atoms. The molecule has 1 heterocycles. The fourth-order valence-corrected chi connectivity index (χ4v) is 4.09. The summed E-state index contributed by atoms with van der Waals surface area (Å²) in [5, 5.41) is 6.36. The predicted molar refractivity (Wildman–Crippen MR) is 110 cm³/mol. The van der Waals surface area contributed by atoms with E-state index in [2.05, 4.69) is 17.4 Å². The summed E-state index contributed by atoms with van der Waals surface area (Å²) in [5.74, 6) is -0.0398. The zero-order valence-corrected chi connectivity index (χ0v) is 15.0. The van der Waals surface area contributed by atoms with E-state index in [1.165, 1.54) is 5.39 Å². The Kier molecular flexibility index (Phi) is 3.86. The molecule has 0 saturated carbocycles. The van der Waals surface area contributed by atoms with Crippen molar-refractivity contribution in [2.75, 3.05) is 5.32 Å². The van der Waals surface area contributed by atoms with Crippen molar-refractivity contribution in [1.82, 2.24) is 4.98 Å². The van der Waals surface area contributed by atoms with E-state index in [1.807, 2.05) is 54.6 Å². The zero-order valence-electron chi connectivity index (χ0n) is 15.0. The first-order valence-corrected chi connectivity index (χ1v) is 9.50. The first-order valence-electron chi connectivity index (χ1n) is 9.50. The maximum absolute atomic E-state index is 13.3. The standard InChI is InChI=1S/C24H20N2O/c27-24(25-18-14-13-16-7-1-2-8-17(16)15-18)23-19-9-3-5-11-21(19)26-22-12-6-4-10-20(22)23/h1-3,5,7-9,11,13-15H,4,6,10,12H2,(H,25,27). The van der Waals surface area contributed by atoms with Crippen LogP contribution in [-0.2, 0) is 12.8 Å². The lowest BCUT2D eigenvalue weighted by atomic mass is 9.89. The van der Waals surface area contributed by atoms with Gasteiger partial charge in [0, 0.05) is 16.8 Å². The molecule has 0 bridgehead atoms. The molecular formula is C24H20N2O. The topological polar surface area (TPSA) is 42.0 Å². The molecule has 1 N–H and O–H groups in total. The number of rotatable bonds is 2. The molecule has 0 fully saturated rings. The number of pyridine rings is 1. The van der Waals surface area contributed by atoms with Gasteiger partial charge in [0.25, 0.3) is 5.91 Å². The lowest BCUT2D eigenvalue weighted by molar-refractivity contribution is 0.102. The summed E-state index contributed by atoms with van der Waals surface area (Å²) in [5.41, 5.74) is 4.73. The van der Waals surface area contributed by atoms with Gasteiger partial charge < -0.3 is 5.32 Å². The van der Waals surface area contributed by atoms with Crippen LogP contribution in [-0.4, -0.2) is 10.9 Å². The summed E-state index contributed by atoms with van der Waals surface area (Å²) in [7, 11) is 0. The number of hydrogen-bond acceptors (Lipinski definition) is 2. The molecule has 0 atom stereocenters. The van der Waals surface area contributed by atoms with Crippen LogP contribution in [0.1, 0.15) is 34.5 Å². The molecule has 1 aliphatic rings. The lowest BCUT2D eigenvalue weighted by Gasteiger charge is -2.20. The van der Waals surface area contributed by atoms with E-state index in [0.29, 0.717) is 0 Å². The number of carbonyl (C=O) groups is 1.